The van der Waals surface area contributed by atoms with Crippen LogP contribution in [0.3, 0.4) is 0 Å². The van der Waals surface area contributed by atoms with Gasteiger partial charge in [0.05, 0.1) is 12.5 Å². The van der Waals surface area contributed by atoms with Crippen LogP contribution in [-0.4, -0.2) is 11.9 Å². The Morgan fingerprint density at radius 1 is 1.08 bits per heavy atom. The molecule has 5 nitrogen and oxygen atoms in total. The lowest BCUT2D eigenvalue weighted by molar-refractivity contribution is -0.116. The van der Waals surface area contributed by atoms with E-state index in [-0.39, 0.29) is 12.3 Å². The molecule has 126 valence electrons. The lowest BCUT2D eigenvalue weighted by Crippen LogP contribution is -2.35. The highest BCUT2D eigenvalue weighted by atomic mass is 35.5. The maximum absolute atomic E-state index is 12.3. The van der Waals surface area contributed by atoms with Crippen molar-refractivity contribution in [2.45, 2.75) is 26.3 Å². The molecule has 0 saturated carbocycles. The molecule has 0 heterocycles. The molecule has 0 radical (unpaired) electrons. The number of hydrogen-bond donors (Lipinski definition) is 3. The SMILES string of the molecule is Cc1cc(C)cc(NC(=O)C[C@@H](NC(N)=O)c2ccc(Cl)cc2)c1. The number of nitrogens with one attached hydrogen (secondary N) is 2. The third kappa shape index (κ3) is 5.28. The zero-order chi connectivity index (χ0) is 17.7. The standard InChI is InChI=1S/C18H20ClN3O2/c1-11-7-12(2)9-15(8-11)21-17(23)10-16(22-18(20)24)13-3-5-14(19)6-4-13/h3-9,16H,10H2,1-2H3,(H,21,23)(H3,20,22,24)/t16-/m1/s1. The van der Waals surface area contributed by atoms with E-state index in [1.54, 1.807) is 24.3 Å². The molecule has 2 aromatic carbocycles. The minimum Gasteiger partial charge on any atom is -0.352 e. The van der Waals surface area contributed by atoms with Crippen molar-refractivity contribution in [1.82, 2.24) is 5.32 Å². The summed E-state index contributed by atoms with van der Waals surface area (Å²) in [6.07, 6.45) is 0.0670. The number of primary amides is 1. The Hall–Kier alpha value is -2.53. The first-order valence-electron chi connectivity index (χ1n) is 7.53. The van der Waals surface area contributed by atoms with Crippen LogP contribution in [0.5, 0.6) is 0 Å². The van der Waals surface area contributed by atoms with Gasteiger partial charge in [-0.1, -0.05) is 29.8 Å². The minimum absolute atomic E-state index is 0.0670. The average molecular weight is 346 g/mol. The number of halogens is 1. The van der Waals surface area contributed by atoms with Crippen LogP contribution in [0.15, 0.2) is 42.5 Å². The van der Waals surface area contributed by atoms with Crippen molar-refractivity contribution in [3.05, 3.63) is 64.2 Å². The van der Waals surface area contributed by atoms with E-state index in [9.17, 15) is 9.59 Å². The predicted molar refractivity (Wildman–Crippen MR) is 96.1 cm³/mol. The van der Waals surface area contributed by atoms with E-state index in [4.69, 9.17) is 17.3 Å². The number of carbonyl (C=O) groups excluding carboxylic acids is 2. The van der Waals surface area contributed by atoms with Crippen molar-refractivity contribution in [2.24, 2.45) is 5.73 Å². The van der Waals surface area contributed by atoms with Crippen molar-refractivity contribution in [3.63, 3.8) is 0 Å². The van der Waals surface area contributed by atoms with Crippen LogP contribution < -0.4 is 16.4 Å². The van der Waals surface area contributed by atoms with Gasteiger partial charge in [-0.15, -0.1) is 0 Å². The Morgan fingerprint density at radius 2 is 1.67 bits per heavy atom. The Labute approximate surface area is 146 Å². The van der Waals surface area contributed by atoms with Crippen LogP contribution in [0.1, 0.15) is 29.2 Å². The van der Waals surface area contributed by atoms with E-state index in [0.29, 0.717) is 5.02 Å². The van der Waals surface area contributed by atoms with E-state index in [2.05, 4.69) is 10.6 Å². The van der Waals surface area contributed by atoms with Gasteiger partial charge in [-0.3, -0.25) is 4.79 Å². The maximum atomic E-state index is 12.3. The summed E-state index contributed by atoms with van der Waals surface area (Å²) in [4.78, 5) is 23.6. The molecule has 3 amide bonds. The van der Waals surface area contributed by atoms with E-state index in [0.717, 1.165) is 22.4 Å². The number of hydrogen-bond acceptors (Lipinski definition) is 2. The smallest absolute Gasteiger partial charge is 0.312 e. The van der Waals surface area contributed by atoms with Gasteiger partial charge < -0.3 is 16.4 Å². The molecule has 2 rings (SSSR count). The highest BCUT2D eigenvalue weighted by Crippen LogP contribution is 2.21. The van der Waals surface area contributed by atoms with Gasteiger partial charge in [0.2, 0.25) is 5.91 Å². The van der Waals surface area contributed by atoms with Crippen LogP contribution in [0, 0.1) is 13.8 Å². The van der Waals surface area contributed by atoms with Crippen molar-refractivity contribution in [1.29, 1.82) is 0 Å². The fraction of sp³-hybridized carbons (Fsp3) is 0.222. The second-order valence-electron chi connectivity index (χ2n) is 5.74. The first-order valence-corrected chi connectivity index (χ1v) is 7.91. The maximum Gasteiger partial charge on any atom is 0.312 e. The molecule has 0 bridgehead atoms. The summed E-state index contributed by atoms with van der Waals surface area (Å²) in [5.74, 6) is -0.214. The number of aryl methyl sites for hydroxylation is 2. The molecule has 0 fully saturated rings. The third-order valence-electron chi connectivity index (χ3n) is 3.48. The molecule has 0 aromatic heterocycles. The van der Waals surface area contributed by atoms with E-state index in [1.165, 1.54) is 0 Å². The van der Waals surface area contributed by atoms with Crippen molar-refractivity contribution >= 4 is 29.2 Å². The van der Waals surface area contributed by atoms with Crippen molar-refractivity contribution in [2.75, 3.05) is 5.32 Å². The molecule has 0 aliphatic rings. The topological polar surface area (TPSA) is 84.2 Å². The Morgan fingerprint density at radius 3 is 2.21 bits per heavy atom. The second-order valence-corrected chi connectivity index (χ2v) is 6.18. The van der Waals surface area contributed by atoms with Gasteiger partial charge in [0, 0.05) is 10.7 Å². The molecule has 0 aliphatic carbocycles. The zero-order valence-electron chi connectivity index (χ0n) is 13.6. The summed E-state index contributed by atoms with van der Waals surface area (Å²) in [5, 5.41) is 6.02. The molecule has 0 saturated heterocycles. The number of rotatable bonds is 5. The normalized spacial score (nSPS) is 11.6. The van der Waals surface area contributed by atoms with Crippen LogP contribution in [0.4, 0.5) is 10.5 Å². The lowest BCUT2D eigenvalue weighted by Gasteiger charge is -2.18. The first kappa shape index (κ1) is 17.8. The number of carbonyl (C=O) groups is 2. The molecule has 6 heteroatoms. The molecule has 1 atom stereocenters. The number of urea groups is 1. The summed E-state index contributed by atoms with van der Waals surface area (Å²) < 4.78 is 0. The predicted octanol–water partition coefficient (Wildman–Crippen LogP) is 3.70. The number of anilines is 1. The Kier molecular flexibility index (Phi) is 5.82. The van der Waals surface area contributed by atoms with E-state index < -0.39 is 12.1 Å². The van der Waals surface area contributed by atoms with Crippen LogP contribution in [0.25, 0.3) is 0 Å². The highest BCUT2D eigenvalue weighted by molar-refractivity contribution is 6.30. The Bertz CT molecular complexity index is 724. The van der Waals surface area contributed by atoms with Gasteiger partial charge in [-0.25, -0.2) is 4.79 Å². The summed E-state index contributed by atoms with van der Waals surface area (Å²) in [5.41, 5.74) is 8.84. The molecule has 0 aliphatic heterocycles. The van der Waals surface area contributed by atoms with Crippen LogP contribution in [-0.2, 0) is 4.79 Å². The number of nitrogens with two attached hydrogens (primary N) is 1. The van der Waals surface area contributed by atoms with Gasteiger partial charge in [-0.05, 0) is 54.8 Å². The molecular weight excluding hydrogens is 326 g/mol. The van der Waals surface area contributed by atoms with Gasteiger partial charge in [0.1, 0.15) is 0 Å². The summed E-state index contributed by atoms with van der Waals surface area (Å²) in [7, 11) is 0. The van der Waals surface area contributed by atoms with E-state index in [1.807, 2.05) is 32.0 Å². The van der Waals surface area contributed by atoms with Crippen molar-refractivity contribution in [3.8, 4) is 0 Å². The zero-order valence-corrected chi connectivity index (χ0v) is 14.4. The largest absolute Gasteiger partial charge is 0.352 e. The monoisotopic (exact) mass is 345 g/mol. The lowest BCUT2D eigenvalue weighted by atomic mass is 10.0. The van der Waals surface area contributed by atoms with Gasteiger partial charge in [-0.2, -0.15) is 0 Å². The Balaban J connectivity index is 2.11. The van der Waals surface area contributed by atoms with Crippen LogP contribution in [0.2, 0.25) is 5.02 Å². The van der Waals surface area contributed by atoms with Gasteiger partial charge in [0.15, 0.2) is 0 Å². The third-order valence-corrected chi connectivity index (χ3v) is 3.74. The minimum atomic E-state index is -0.686. The van der Waals surface area contributed by atoms with Gasteiger partial charge >= 0.3 is 6.03 Å². The van der Waals surface area contributed by atoms with Crippen LogP contribution >= 0.6 is 11.6 Å². The molecule has 0 spiro atoms. The summed E-state index contributed by atoms with van der Waals surface area (Å²) in [6.45, 7) is 3.93. The molecule has 24 heavy (non-hydrogen) atoms. The quantitative estimate of drug-likeness (QED) is 0.772. The number of amides is 3. The highest BCUT2D eigenvalue weighted by Gasteiger charge is 2.17. The molecular formula is C18H20ClN3O2. The summed E-state index contributed by atoms with van der Waals surface area (Å²) in [6, 6.07) is 11.5. The van der Waals surface area contributed by atoms with Gasteiger partial charge in [0.25, 0.3) is 0 Å². The fourth-order valence-corrected chi connectivity index (χ4v) is 2.69. The first-order chi connectivity index (χ1) is 11.3. The molecule has 2 aromatic rings. The summed E-state index contributed by atoms with van der Waals surface area (Å²) >= 11 is 5.87. The second kappa shape index (κ2) is 7.84. The fourth-order valence-electron chi connectivity index (χ4n) is 2.56. The average Bonchev–Trinajstić information content (AvgIpc) is 2.45. The van der Waals surface area contributed by atoms with E-state index >= 15 is 0 Å². The molecule has 4 N–H and O–H groups in total. The number of benzene rings is 2. The molecule has 0 unspecified atom stereocenters. The van der Waals surface area contributed by atoms with Crippen molar-refractivity contribution < 1.29 is 9.59 Å².